The number of nitrogens with one attached hydrogen (secondary N) is 12. The Kier molecular flexibility index (Phi) is 29.4. The number of urea groups is 3. The molecule has 3 aliphatic rings. The number of H-pyrrole nitrogens is 3. The fraction of sp³-hybridized carbons (Fsp3) is 0.278. The summed E-state index contributed by atoms with van der Waals surface area (Å²) in [7, 11) is -12.2. The molecule has 6 aromatic heterocycles. The standard InChI is InChI=1S/C27H29ClN6O5S2.C26H27ClN6O6S2.C26H27ClN6O5S2/c28-23-11-12-24(40-23)41(38,39)32-26(36)30-18-5-8-20(9-6-18)34-25(35)21-10-7-19(17-22(21)31-27(34)37)29-13-4-16-33-14-2-1-3-15-33;27-22-8-9-23(40-22)41(37,38)31-25(35)29-17-2-5-19(6-3-17)33-24(34)20-7-4-18(16-21(20)30-26(33)36)28-10-1-11-32-12-14-39-15-13-32;27-22-10-11-23(39-22)40(37,38)31-25(35)29-17-4-7-19(8-5-17)33-24(34)20-9-6-18(16-21(20)30-26(33)36)28-12-3-15-32-13-1-2-14-32/h5-12,17,29H,1-4,13-16H2,(H,31,37)(H2,30,32,36);2-9,16,28H,1,10-15H2,(H,30,36)(H2,29,31,35);4-11,16,28H,1-3,12-15H2,(H,30,36)(H2,29,31,35). The number of benzene rings is 6. The van der Waals surface area contributed by atoms with Crippen LogP contribution in [0.15, 0.2) is 205 Å². The molecule has 0 radical (unpaired) electrons. The number of fused-ring (bicyclic) bond motifs is 3. The van der Waals surface area contributed by atoms with Gasteiger partial charge in [0.1, 0.15) is 12.6 Å². The van der Waals surface area contributed by atoms with E-state index >= 15 is 0 Å². The van der Waals surface area contributed by atoms with Crippen LogP contribution in [0.4, 0.5) is 48.5 Å². The first-order chi connectivity index (χ1) is 58.6. The summed E-state index contributed by atoms with van der Waals surface area (Å²) in [6.45, 7) is 13.4. The van der Waals surface area contributed by atoms with Gasteiger partial charge >= 0.3 is 35.2 Å². The van der Waals surface area contributed by atoms with Crippen molar-refractivity contribution in [2.45, 2.75) is 64.0 Å². The number of halogens is 3. The summed E-state index contributed by atoms with van der Waals surface area (Å²) in [6, 6.07) is 38.4. The number of carbonyl (C=O) groups excluding carboxylic acids is 3. The largest absolute Gasteiger partial charge is 0.385 e. The van der Waals surface area contributed by atoms with Crippen molar-refractivity contribution in [1.82, 2.24) is 57.5 Å². The Morgan fingerprint density at radius 3 is 0.902 bits per heavy atom. The minimum absolute atomic E-state index is 0.0985. The van der Waals surface area contributed by atoms with Crippen LogP contribution in [0.1, 0.15) is 51.4 Å². The van der Waals surface area contributed by atoms with Crippen LogP contribution in [0.25, 0.3) is 49.8 Å². The number of sulfonamides is 3. The van der Waals surface area contributed by atoms with E-state index in [9.17, 15) is 68.4 Å². The molecule has 6 aromatic carbocycles. The van der Waals surface area contributed by atoms with Crippen molar-refractivity contribution < 1.29 is 44.4 Å². The number of aromatic nitrogens is 6. The summed E-state index contributed by atoms with van der Waals surface area (Å²) in [5.74, 6) is 0. The molecule has 3 fully saturated rings. The fourth-order valence-electron chi connectivity index (χ4n) is 13.7. The molecular weight excluding hydrogens is 1760 g/mol. The second kappa shape index (κ2) is 40.3. The number of nitrogens with zero attached hydrogens (tertiary/aromatic N) is 6. The number of hydrogen-bond acceptors (Lipinski definition) is 25. The van der Waals surface area contributed by atoms with E-state index in [0.717, 1.165) is 176 Å². The van der Waals surface area contributed by atoms with Gasteiger partial charge in [0.15, 0.2) is 0 Å². The predicted octanol–water partition coefficient (Wildman–Crippen LogP) is 11.0. The Labute approximate surface area is 724 Å². The molecule has 9 heterocycles. The molecule has 43 heteroatoms. The number of anilines is 6. The Bertz CT molecular complexity index is 6300. The van der Waals surface area contributed by atoms with Crippen LogP contribution in [-0.4, -0.2) is 178 Å². The second-order valence-electron chi connectivity index (χ2n) is 28.2. The van der Waals surface area contributed by atoms with E-state index in [-0.39, 0.29) is 59.8 Å². The van der Waals surface area contributed by atoms with E-state index in [4.69, 9.17) is 39.5 Å². The fourth-order valence-corrected chi connectivity index (χ4v) is 20.9. The van der Waals surface area contributed by atoms with Crippen LogP contribution >= 0.6 is 68.8 Å². The Morgan fingerprint density at radius 1 is 0.352 bits per heavy atom. The highest BCUT2D eigenvalue weighted by Crippen LogP contribution is 2.29. The molecule has 15 rings (SSSR count). The van der Waals surface area contributed by atoms with Gasteiger partial charge in [-0.05, 0) is 255 Å². The summed E-state index contributed by atoms with van der Waals surface area (Å²) < 4.78 is 88.5. The number of likely N-dealkylation sites (tertiary alicyclic amines) is 2. The zero-order valence-corrected chi connectivity index (χ0v) is 72.1. The Hall–Kier alpha value is -11.0. The maximum Gasteiger partial charge on any atom is 0.333 e. The number of aromatic amines is 3. The van der Waals surface area contributed by atoms with Gasteiger partial charge < -0.3 is 61.4 Å². The van der Waals surface area contributed by atoms with Crippen molar-refractivity contribution in [1.29, 1.82) is 0 Å². The van der Waals surface area contributed by atoms with Gasteiger partial charge in [0.25, 0.3) is 46.7 Å². The summed E-state index contributed by atoms with van der Waals surface area (Å²) >= 11 is 19.8. The molecule has 642 valence electrons. The van der Waals surface area contributed by atoms with E-state index in [1.54, 1.807) is 42.5 Å². The van der Waals surface area contributed by atoms with E-state index in [0.29, 0.717) is 32.7 Å². The van der Waals surface area contributed by atoms with E-state index in [1.807, 2.05) is 26.3 Å². The molecule has 0 spiro atoms. The van der Waals surface area contributed by atoms with Gasteiger partial charge in [-0.2, -0.15) is 0 Å². The quantitative estimate of drug-likeness (QED) is 0.0213. The van der Waals surface area contributed by atoms with Gasteiger partial charge in [0, 0.05) is 66.8 Å². The van der Waals surface area contributed by atoms with E-state index < -0.39 is 81.9 Å². The highest BCUT2D eigenvalue weighted by atomic mass is 35.5. The Morgan fingerprint density at radius 2 is 0.623 bits per heavy atom. The molecule has 3 aliphatic heterocycles. The van der Waals surface area contributed by atoms with Gasteiger partial charge in [0.05, 0.1) is 76.0 Å². The lowest BCUT2D eigenvalue weighted by Crippen LogP contribution is -2.37. The summed E-state index contributed by atoms with van der Waals surface area (Å²) in [6.07, 6.45) is 9.32. The monoisotopic (exact) mass is 1840 g/mol. The number of piperidine rings is 1. The van der Waals surface area contributed by atoms with Crippen molar-refractivity contribution in [3.05, 3.63) is 239 Å². The third-order valence-corrected chi connectivity index (χ3v) is 28.8. The maximum atomic E-state index is 13.2. The molecule has 0 unspecified atom stereocenters. The van der Waals surface area contributed by atoms with Gasteiger partial charge in [-0.25, -0.2) is 81.9 Å². The number of morpholine rings is 1. The molecule has 34 nitrogen and oxygen atoms in total. The molecule has 6 amide bonds. The summed E-state index contributed by atoms with van der Waals surface area (Å²) in [4.78, 5) is 131. The number of hydrogen-bond donors (Lipinski definition) is 12. The SMILES string of the molecule is O=C(Nc1ccc(-n2c(=O)[nH]c3cc(NCCCN4CCCC4)ccc3c2=O)cc1)NS(=O)(=O)c1ccc(Cl)s1.O=C(Nc1ccc(-n2c(=O)[nH]c3cc(NCCCN4CCCCC4)ccc3c2=O)cc1)NS(=O)(=O)c1ccc(Cl)s1.O=C(Nc1ccc(-n2c(=O)[nH]c3cc(NCCCN4CCOCC4)ccc3c2=O)cc1)NS(=O)(=O)c1ccc(Cl)s1. The molecule has 0 aliphatic carbocycles. The lowest BCUT2D eigenvalue weighted by Gasteiger charge is -2.26. The highest BCUT2D eigenvalue weighted by Gasteiger charge is 2.25. The molecular formula is C79H83Cl3N18O16S6. The number of carbonyl (C=O) groups is 3. The highest BCUT2D eigenvalue weighted by molar-refractivity contribution is 7.93. The van der Waals surface area contributed by atoms with Crippen LogP contribution in [0, 0.1) is 0 Å². The average molecular weight is 1840 g/mol. The number of amides is 6. The van der Waals surface area contributed by atoms with Crippen LogP contribution in [0.2, 0.25) is 13.0 Å². The molecule has 0 bridgehead atoms. The number of rotatable bonds is 27. The Balaban J connectivity index is 0.000000158. The van der Waals surface area contributed by atoms with Crippen LogP contribution in [0.5, 0.6) is 0 Å². The first-order valence-corrected chi connectivity index (χ1v) is 46.5. The smallest absolute Gasteiger partial charge is 0.333 e. The predicted molar refractivity (Wildman–Crippen MR) is 479 cm³/mol. The zero-order chi connectivity index (χ0) is 86.2. The van der Waals surface area contributed by atoms with Crippen LogP contribution in [-0.2, 0) is 34.8 Å². The van der Waals surface area contributed by atoms with E-state index in [1.165, 1.54) is 141 Å². The minimum Gasteiger partial charge on any atom is -0.385 e. The zero-order valence-electron chi connectivity index (χ0n) is 64.9. The summed E-state index contributed by atoms with van der Waals surface area (Å²) in [5, 5.41) is 18.3. The molecule has 3 saturated heterocycles. The number of thiophene rings is 3. The lowest BCUT2D eigenvalue weighted by molar-refractivity contribution is 0.0378. The number of ether oxygens (including phenoxy) is 1. The maximum absolute atomic E-state index is 13.2. The summed E-state index contributed by atoms with van der Waals surface area (Å²) in [5.41, 5.74) is 2.00. The van der Waals surface area contributed by atoms with Gasteiger partial charge in [0.2, 0.25) is 0 Å². The third-order valence-electron chi connectivity index (χ3n) is 19.7. The average Bonchev–Trinajstić information content (AvgIpc) is 1.08. The molecule has 12 aromatic rings. The third kappa shape index (κ3) is 23.2. The van der Waals surface area contributed by atoms with Crippen molar-refractivity contribution in [3.8, 4) is 17.1 Å². The van der Waals surface area contributed by atoms with Gasteiger partial charge in [-0.1, -0.05) is 41.2 Å². The molecule has 122 heavy (non-hydrogen) atoms. The second-order valence-corrected chi connectivity index (χ2v) is 39.1. The molecule has 12 N–H and O–H groups in total. The molecule has 0 saturated carbocycles. The van der Waals surface area contributed by atoms with Crippen LogP contribution < -0.4 is 79.8 Å². The minimum atomic E-state index is -4.09. The van der Waals surface area contributed by atoms with Crippen molar-refractivity contribution in [3.63, 3.8) is 0 Å². The lowest BCUT2D eigenvalue weighted by atomic mass is 10.1. The molecule has 0 atom stereocenters. The van der Waals surface area contributed by atoms with Crippen molar-refractivity contribution in [2.75, 3.05) is 124 Å². The first kappa shape index (κ1) is 88.8. The van der Waals surface area contributed by atoms with Crippen molar-refractivity contribution >= 4 is 184 Å². The first-order valence-electron chi connectivity index (χ1n) is 38.5. The van der Waals surface area contributed by atoms with Crippen LogP contribution in [0.3, 0.4) is 0 Å². The topological polar surface area (TPSA) is 445 Å². The van der Waals surface area contributed by atoms with E-state index in [2.05, 4.69) is 61.6 Å². The van der Waals surface area contributed by atoms with Crippen molar-refractivity contribution in [2.24, 2.45) is 0 Å². The van der Waals surface area contributed by atoms with Gasteiger partial charge in [-0.15, -0.1) is 34.0 Å². The van der Waals surface area contributed by atoms with Gasteiger partial charge in [-0.3, -0.25) is 19.3 Å². The normalized spacial score (nSPS) is 14.1.